The van der Waals surface area contributed by atoms with Crippen LogP contribution in [0.4, 0.5) is 0 Å². The number of aryl methyl sites for hydroxylation is 1. The van der Waals surface area contributed by atoms with Crippen LogP contribution in [0.15, 0.2) is 4.52 Å². The van der Waals surface area contributed by atoms with E-state index < -0.39 is 17.9 Å². The molecule has 1 atom stereocenters. The molecule has 0 aliphatic heterocycles. The van der Waals surface area contributed by atoms with Crippen molar-refractivity contribution in [2.75, 3.05) is 6.61 Å². The summed E-state index contributed by atoms with van der Waals surface area (Å²) in [6, 6.07) is -0.744. The third-order valence-corrected chi connectivity index (χ3v) is 1.72. The number of amides is 1. The maximum atomic E-state index is 11.5. The first-order valence-electron chi connectivity index (χ1n) is 4.82. The maximum Gasteiger partial charge on any atom is 0.328 e. The molecule has 0 bridgehead atoms. The zero-order valence-electron chi connectivity index (χ0n) is 9.31. The van der Waals surface area contributed by atoms with Gasteiger partial charge in [0.2, 0.25) is 5.89 Å². The highest BCUT2D eigenvalue weighted by Gasteiger charge is 2.20. The van der Waals surface area contributed by atoms with Crippen molar-refractivity contribution in [1.29, 1.82) is 0 Å². The number of nitrogens with one attached hydrogen (secondary N) is 1. The van der Waals surface area contributed by atoms with Crippen LogP contribution in [-0.2, 0) is 9.53 Å². The SMILES string of the molecule is CCOC(=O)C(C)NC(=O)c1noc(C)n1. The lowest BCUT2D eigenvalue weighted by Crippen LogP contribution is -2.40. The summed E-state index contributed by atoms with van der Waals surface area (Å²) in [6.07, 6.45) is 0. The normalized spacial score (nSPS) is 11.9. The zero-order valence-corrected chi connectivity index (χ0v) is 9.31. The van der Waals surface area contributed by atoms with E-state index in [4.69, 9.17) is 4.74 Å². The summed E-state index contributed by atoms with van der Waals surface area (Å²) >= 11 is 0. The van der Waals surface area contributed by atoms with Gasteiger partial charge in [-0.25, -0.2) is 4.79 Å². The minimum atomic E-state index is -0.744. The second-order valence-corrected chi connectivity index (χ2v) is 3.08. The van der Waals surface area contributed by atoms with Crippen LogP contribution in [0, 0.1) is 6.92 Å². The molecular weight excluding hydrogens is 214 g/mol. The molecule has 0 fully saturated rings. The molecule has 1 amide bonds. The number of hydrogen-bond donors (Lipinski definition) is 1. The molecule has 1 rings (SSSR count). The number of nitrogens with zero attached hydrogens (tertiary/aromatic N) is 2. The van der Waals surface area contributed by atoms with Gasteiger partial charge in [0.05, 0.1) is 6.61 Å². The fraction of sp³-hybridized carbons (Fsp3) is 0.556. The Kier molecular flexibility index (Phi) is 3.98. The van der Waals surface area contributed by atoms with Crippen molar-refractivity contribution in [3.8, 4) is 0 Å². The van der Waals surface area contributed by atoms with Gasteiger partial charge < -0.3 is 14.6 Å². The highest BCUT2D eigenvalue weighted by Crippen LogP contribution is 1.96. The molecule has 88 valence electrons. The van der Waals surface area contributed by atoms with E-state index in [1.807, 2.05) is 0 Å². The van der Waals surface area contributed by atoms with Crippen LogP contribution >= 0.6 is 0 Å². The number of esters is 1. The van der Waals surface area contributed by atoms with Gasteiger partial charge in [-0.3, -0.25) is 4.79 Å². The first-order valence-corrected chi connectivity index (χ1v) is 4.82. The minimum Gasteiger partial charge on any atom is -0.464 e. The van der Waals surface area contributed by atoms with Crippen molar-refractivity contribution in [2.24, 2.45) is 0 Å². The molecule has 0 aliphatic carbocycles. The first-order chi connectivity index (χ1) is 7.54. The summed E-state index contributed by atoms with van der Waals surface area (Å²) in [5, 5.41) is 5.82. The standard InChI is InChI=1S/C9H13N3O4/c1-4-15-9(14)5(2)10-8(13)7-11-6(3)16-12-7/h5H,4H2,1-3H3,(H,10,13). The Labute approximate surface area is 92.2 Å². The van der Waals surface area contributed by atoms with Crippen LogP contribution in [0.2, 0.25) is 0 Å². The van der Waals surface area contributed by atoms with E-state index in [0.717, 1.165) is 0 Å². The Morgan fingerprint density at radius 2 is 2.25 bits per heavy atom. The number of hydrogen-bond acceptors (Lipinski definition) is 6. The molecule has 0 aliphatic rings. The van der Waals surface area contributed by atoms with Gasteiger partial charge in [0.15, 0.2) is 0 Å². The van der Waals surface area contributed by atoms with Crippen molar-refractivity contribution >= 4 is 11.9 Å². The average Bonchev–Trinajstić information content (AvgIpc) is 2.65. The third kappa shape index (κ3) is 3.04. The summed E-state index contributed by atoms with van der Waals surface area (Å²) in [6.45, 7) is 5.04. The monoisotopic (exact) mass is 227 g/mol. The molecule has 1 aromatic rings. The van der Waals surface area contributed by atoms with Gasteiger partial charge in [-0.2, -0.15) is 4.98 Å². The number of carbonyl (C=O) groups is 2. The Morgan fingerprint density at radius 3 is 2.75 bits per heavy atom. The summed E-state index contributed by atoms with van der Waals surface area (Å²) < 4.78 is 9.36. The van der Waals surface area contributed by atoms with Gasteiger partial charge in [-0.15, -0.1) is 0 Å². The van der Waals surface area contributed by atoms with Crippen molar-refractivity contribution in [2.45, 2.75) is 26.8 Å². The molecule has 1 heterocycles. The lowest BCUT2D eigenvalue weighted by Gasteiger charge is -2.10. The highest BCUT2D eigenvalue weighted by atomic mass is 16.5. The summed E-state index contributed by atoms with van der Waals surface area (Å²) in [5.74, 6) is -0.893. The fourth-order valence-electron chi connectivity index (χ4n) is 0.979. The molecule has 0 saturated carbocycles. The summed E-state index contributed by atoms with van der Waals surface area (Å²) in [4.78, 5) is 26.4. The Hall–Kier alpha value is -1.92. The van der Waals surface area contributed by atoms with Crippen LogP contribution in [0.5, 0.6) is 0 Å². The molecule has 0 spiro atoms. The summed E-state index contributed by atoms with van der Waals surface area (Å²) in [5.41, 5.74) is 0. The van der Waals surface area contributed by atoms with Gasteiger partial charge >= 0.3 is 5.97 Å². The van der Waals surface area contributed by atoms with E-state index in [1.54, 1.807) is 13.8 Å². The zero-order chi connectivity index (χ0) is 12.1. The Bertz CT molecular complexity index is 388. The fourth-order valence-corrected chi connectivity index (χ4v) is 0.979. The molecule has 1 aromatic heterocycles. The van der Waals surface area contributed by atoms with E-state index in [-0.39, 0.29) is 18.3 Å². The third-order valence-electron chi connectivity index (χ3n) is 1.72. The Balaban J connectivity index is 2.54. The van der Waals surface area contributed by atoms with Crippen LogP contribution in [0.1, 0.15) is 30.4 Å². The summed E-state index contributed by atoms with van der Waals surface area (Å²) in [7, 11) is 0. The van der Waals surface area contributed by atoms with Crippen LogP contribution in [0.3, 0.4) is 0 Å². The van der Waals surface area contributed by atoms with Gasteiger partial charge in [-0.1, -0.05) is 5.16 Å². The van der Waals surface area contributed by atoms with Gasteiger partial charge in [-0.05, 0) is 13.8 Å². The second-order valence-electron chi connectivity index (χ2n) is 3.08. The molecule has 0 saturated heterocycles. The lowest BCUT2D eigenvalue weighted by atomic mass is 10.3. The van der Waals surface area contributed by atoms with E-state index in [2.05, 4.69) is 20.0 Å². The van der Waals surface area contributed by atoms with E-state index in [9.17, 15) is 9.59 Å². The molecule has 7 nitrogen and oxygen atoms in total. The molecule has 1 N–H and O–H groups in total. The number of carbonyl (C=O) groups excluding carboxylic acids is 2. The smallest absolute Gasteiger partial charge is 0.328 e. The largest absolute Gasteiger partial charge is 0.464 e. The van der Waals surface area contributed by atoms with Gasteiger partial charge in [0.1, 0.15) is 6.04 Å². The van der Waals surface area contributed by atoms with E-state index >= 15 is 0 Å². The number of rotatable bonds is 4. The van der Waals surface area contributed by atoms with Crippen LogP contribution < -0.4 is 5.32 Å². The van der Waals surface area contributed by atoms with Gasteiger partial charge in [0.25, 0.3) is 11.7 Å². The van der Waals surface area contributed by atoms with Gasteiger partial charge in [0, 0.05) is 6.92 Å². The van der Waals surface area contributed by atoms with Crippen LogP contribution in [0.25, 0.3) is 0 Å². The number of aromatic nitrogens is 2. The molecule has 1 unspecified atom stereocenters. The Morgan fingerprint density at radius 1 is 1.56 bits per heavy atom. The maximum absolute atomic E-state index is 11.5. The molecular formula is C9H13N3O4. The predicted molar refractivity (Wildman–Crippen MR) is 52.6 cm³/mol. The van der Waals surface area contributed by atoms with E-state index in [1.165, 1.54) is 6.92 Å². The number of ether oxygens (including phenoxy) is 1. The highest BCUT2D eigenvalue weighted by molar-refractivity contribution is 5.93. The van der Waals surface area contributed by atoms with Crippen molar-refractivity contribution < 1.29 is 18.8 Å². The van der Waals surface area contributed by atoms with Crippen molar-refractivity contribution in [1.82, 2.24) is 15.5 Å². The minimum absolute atomic E-state index is 0.103. The average molecular weight is 227 g/mol. The molecule has 16 heavy (non-hydrogen) atoms. The first kappa shape index (κ1) is 12.2. The molecule has 0 aromatic carbocycles. The topological polar surface area (TPSA) is 94.3 Å². The molecule has 7 heteroatoms. The predicted octanol–water partition coefficient (Wildman–Crippen LogP) is 0.0594. The quantitative estimate of drug-likeness (QED) is 0.731. The molecule has 0 radical (unpaired) electrons. The van der Waals surface area contributed by atoms with Crippen LogP contribution in [-0.4, -0.2) is 34.7 Å². The van der Waals surface area contributed by atoms with Crippen molar-refractivity contribution in [3.05, 3.63) is 11.7 Å². The second kappa shape index (κ2) is 5.24. The van der Waals surface area contributed by atoms with Crippen molar-refractivity contribution in [3.63, 3.8) is 0 Å². The lowest BCUT2D eigenvalue weighted by molar-refractivity contribution is -0.144. The van der Waals surface area contributed by atoms with E-state index in [0.29, 0.717) is 0 Å².